The Hall–Kier alpha value is -1.58. The van der Waals surface area contributed by atoms with Crippen LogP contribution in [0.25, 0.3) is 0 Å². The molecule has 5 heteroatoms. The molecule has 0 radical (unpaired) electrons. The lowest BCUT2D eigenvalue weighted by Crippen LogP contribution is -2.29. The third kappa shape index (κ3) is 6.15. The van der Waals surface area contributed by atoms with Crippen molar-refractivity contribution in [1.29, 1.82) is 0 Å². The summed E-state index contributed by atoms with van der Waals surface area (Å²) in [5.41, 5.74) is 1.81. The van der Waals surface area contributed by atoms with E-state index in [2.05, 4.69) is 11.8 Å². The van der Waals surface area contributed by atoms with Crippen LogP contribution in [0.2, 0.25) is 0 Å². The summed E-state index contributed by atoms with van der Waals surface area (Å²) < 4.78 is 5.27. The summed E-state index contributed by atoms with van der Waals surface area (Å²) >= 11 is 0. The van der Waals surface area contributed by atoms with Gasteiger partial charge in [-0.25, -0.2) is 0 Å². The molecule has 1 rings (SSSR count). The lowest BCUT2D eigenvalue weighted by Gasteiger charge is -2.20. The molecule has 0 heterocycles. The predicted molar refractivity (Wildman–Crippen MR) is 81.0 cm³/mol. The zero-order chi connectivity index (χ0) is 15.5. The smallest absolute Gasteiger partial charge is 0.134 e. The highest BCUT2D eigenvalue weighted by Crippen LogP contribution is 2.19. The lowest BCUT2D eigenvalue weighted by molar-refractivity contribution is 0.156. The maximum atomic E-state index is 9.03. The number of rotatable bonds is 8. The molecule has 0 saturated heterocycles. The molecule has 0 aliphatic rings. The van der Waals surface area contributed by atoms with Crippen molar-refractivity contribution in [2.45, 2.75) is 13.0 Å². The summed E-state index contributed by atoms with van der Waals surface area (Å²) in [5.74, 6) is 6.57. The van der Waals surface area contributed by atoms with Crippen LogP contribution in [0, 0.1) is 11.8 Å². The fourth-order valence-corrected chi connectivity index (χ4v) is 1.98. The minimum Gasteiger partial charge on any atom is -0.495 e. The van der Waals surface area contributed by atoms with E-state index in [1.165, 1.54) is 0 Å². The van der Waals surface area contributed by atoms with Gasteiger partial charge in [-0.3, -0.25) is 4.90 Å². The number of hydrogen-bond donors (Lipinski definition) is 3. The normalized spacial score (nSPS) is 10.3. The Bertz CT molecular complexity index is 473. The third-order valence-electron chi connectivity index (χ3n) is 2.96. The van der Waals surface area contributed by atoms with Crippen molar-refractivity contribution in [2.24, 2.45) is 0 Å². The van der Waals surface area contributed by atoms with Crippen LogP contribution in [0.1, 0.15) is 17.5 Å². The van der Waals surface area contributed by atoms with E-state index in [4.69, 9.17) is 20.1 Å². The Labute approximate surface area is 125 Å². The Morgan fingerprint density at radius 3 is 2.38 bits per heavy atom. The second kappa shape index (κ2) is 10.2. The van der Waals surface area contributed by atoms with Gasteiger partial charge in [0.2, 0.25) is 0 Å². The van der Waals surface area contributed by atoms with Crippen LogP contribution in [-0.4, -0.2) is 60.2 Å². The summed E-state index contributed by atoms with van der Waals surface area (Å²) in [5, 5.41) is 26.8. The highest BCUT2D eigenvalue weighted by atomic mass is 16.5. The highest BCUT2D eigenvalue weighted by Gasteiger charge is 2.07. The van der Waals surface area contributed by atoms with Gasteiger partial charge in [0.25, 0.3) is 0 Å². The summed E-state index contributed by atoms with van der Waals surface area (Å²) in [6.45, 7) is 1.80. The van der Waals surface area contributed by atoms with Gasteiger partial charge < -0.3 is 20.1 Å². The van der Waals surface area contributed by atoms with Crippen LogP contribution >= 0.6 is 0 Å². The lowest BCUT2D eigenvalue weighted by atomic mass is 10.1. The van der Waals surface area contributed by atoms with E-state index in [1.54, 1.807) is 7.11 Å². The Morgan fingerprint density at radius 1 is 1.10 bits per heavy atom. The van der Waals surface area contributed by atoms with E-state index in [-0.39, 0.29) is 19.8 Å². The largest absolute Gasteiger partial charge is 0.495 e. The second-order valence-corrected chi connectivity index (χ2v) is 4.53. The molecule has 1 aromatic rings. The van der Waals surface area contributed by atoms with Crippen LogP contribution < -0.4 is 4.74 Å². The molecule has 1 aromatic carbocycles. The van der Waals surface area contributed by atoms with Crippen molar-refractivity contribution in [2.75, 3.05) is 40.0 Å². The molecule has 0 aliphatic carbocycles. The fraction of sp³-hybridized carbons (Fsp3) is 0.500. The third-order valence-corrected chi connectivity index (χ3v) is 2.96. The SMILES string of the molecule is COc1ccc(CN(CCO)CCO)cc1C#CCCO. The number of hydrogen-bond acceptors (Lipinski definition) is 5. The summed E-state index contributed by atoms with van der Waals surface area (Å²) in [6.07, 6.45) is 0.425. The van der Waals surface area contributed by atoms with Crippen LogP contribution in [0.5, 0.6) is 5.75 Å². The summed E-state index contributed by atoms with van der Waals surface area (Å²) in [4.78, 5) is 1.97. The number of ether oxygens (including phenoxy) is 1. The molecule has 0 amide bonds. The number of aliphatic hydroxyl groups excluding tert-OH is 3. The predicted octanol–water partition coefficient (Wildman–Crippen LogP) is 0.216. The average Bonchev–Trinajstić information content (AvgIpc) is 2.48. The molecule has 0 atom stereocenters. The molecule has 0 spiro atoms. The molecule has 0 unspecified atom stereocenters. The van der Waals surface area contributed by atoms with Gasteiger partial charge in [-0.05, 0) is 17.7 Å². The quantitative estimate of drug-likeness (QED) is 0.598. The van der Waals surface area contributed by atoms with Crippen molar-refractivity contribution in [1.82, 2.24) is 4.90 Å². The molecule has 0 aromatic heterocycles. The minimum absolute atomic E-state index is 0.0375. The van der Waals surface area contributed by atoms with Crippen molar-refractivity contribution >= 4 is 0 Å². The zero-order valence-electron chi connectivity index (χ0n) is 12.4. The maximum Gasteiger partial charge on any atom is 0.134 e. The number of nitrogens with zero attached hydrogens (tertiary/aromatic N) is 1. The second-order valence-electron chi connectivity index (χ2n) is 4.53. The van der Waals surface area contributed by atoms with Crippen LogP contribution in [0.3, 0.4) is 0 Å². The standard InChI is InChI=1S/C16H23NO4/c1-21-16-6-5-14(12-15(16)4-2-3-9-18)13-17(7-10-19)8-11-20/h5-6,12,18-20H,3,7-11,13H2,1H3. The van der Waals surface area contributed by atoms with Crippen LogP contribution in [0.4, 0.5) is 0 Å². The Kier molecular flexibility index (Phi) is 8.48. The van der Waals surface area contributed by atoms with Crippen molar-refractivity contribution in [3.63, 3.8) is 0 Å². The molecule has 116 valence electrons. The van der Waals surface area contributed by atoms with Crippen molar-refractivity contribution in [3.05, 3.63) is 29.3 Å². The van der Waals surface area contributed by atoms with Gasteiger partial charge in [0.1, 0.15) is 5.75 Å². The average molecular weight is 293 g/mol. The van der Waals surface area contributed by atoms with Crippen LogP contribution in [-0.2, 0) is 6.54 Å². The number of aliphatic hydroxyl groups is 3. The summed E-state index contributed by atoms with van der Waals surface area (Å²) in [7, 11) is 1.59. The van der Waals surface area contributed by atoms with E-state index in [1.807, 2.05) is 23.1 Å². The first-order valence-corrected chi connectivity index (χ1v) is 6.95. The minimum atomic E-state index is 0.0375. The number of methoxy groups -OCH3 is 1. The topological polar surface area (TPSA) is 73.2 Å². The van der Waals surface area contributed by atoms with Gasteiger partial charge >= 0.3 is 0 Å². The van der Waals surface area contributed by atoms with E-state index in [0.29, 0.717) is 31.8 Å². The van der Waals surface area contributed by atoms with Gasteiger partial charge in [0.05, 0.1) is 32.5 Å². The molecule has 0 saturated carbocycles. The monoisotopic (exact) mass is 293 g/mol. The maximum absolute atomic E-state index is 9.03. The molecule has 5 nitrogen and oxygen atoms in total. The van der Waals surface area contributed by atoms with Gasteiger partial charge in [0.15, 0.2) is 0 Å². The van der Waals surface area contributed by atoms with Gasteiger partial charge in [-0.15, -0.1) is 0 Å². The molecule has 21 heavy (non-hydrogen) atoms. The fourth-order valence-electron chi connectivity index (χ4n) is 1.98. The van der Waals surface area contributed by atoms with Gasteiger partial charge in [-0.1, -0.05) is 17.9 Å². The molecular weight excluding hydrogens is 270 g/mol. The van der Waals surface area contributed by atoms with E-state index in [9.17, 15) is 0 Å². The van der Waals surface area contributed by atoms with Crippen LogP contribution in [0.15, 0.2) is 18.2 Å². The molecule has 0 bridgehead atoms. The Balaban J connectivity index is 2.88. The molecular formula is C16H23NO4. The van der Waals surface area contributed by atoms with E-state index in [0.717, 1.165) is 11.1 Å². The number of benzene rings is 1. The molecule has 3 N–H and O–H groups in total. The first kappa shape index (κ1) is 17.5. The Morgan fingerprint density at radius 2 is 1.81 bits per heavy atom. The van der Waals surface area contributed by atoms with E-state index >= 15 is 0 Å². The van der Waals surface area contributed by atoms with E-state index < -0.39 is 0 Å². The summed E-state index contributed by atoms with van der Waals surface area (Å²) in [6, 6.07) is 5.73. The first-order valence-electron chi connectivity index (χ1n) is 6.95. The van der Waals surface area contributed by atoms with Gasteiger partial charge in [-0.2, -0.15) is 0 Å². The van der Waals surface area contributed by atoms with Gasteiger partial charge in [0, 0.05) is 26.1 Å². The van der Waals surface area contributed by atoms with Crippen molar-refractivity contribution in [3.8, 4) is 17.6 Å². The van der Waals surface area contributed by atoms with Crippen molar-refractivity contribution < 1.29 is 20.1 Å². The molecule has 0 aliphatic heterocycles. The molecule has 0 fully saturated rings. The first-order chi connectivity index (χ1) is 10.2. The zero-order valence-corrected chi connectivity index (χ0v) is 12.4. The highest BCUT2D eigenvalue weighted by molar-refractivity contribution is 5.48.